The molecule has 1 unspecified atom stereocenters. The lowest BCUT2D eigenvalue weighted by atomic mass is 10.1. The number of likely N-dealkylation sites (N-methyl/N-ethyl adjacent to an activating group) is 1. The molecule has 1 heterocycles. The normalized spacial score (nSPS) is 18.4. The van der Waals surface area contributed by atoms with Crippen molar-refractivity contribution < 1.29 is 9.53 Å². The van der Waals surface area contributed by atoms with Gasteiger partial charge in [0.05, 0.1) is 0 Å². The van der Waals surface area contributed by atoms with Crippen LogP contribution in [0.4, 0.5) is 0 Å². The zero-order chi connectivity index (χ0) is 15.2. The minimum atomic E-state index is -0.0272. The first-order valence-electron chi connectivity index (χ1n) is 7.43. The Morgan fingerprint density at radius 1 is 1.41 bits per heavy atom. The molecule has 1 atom stereocenters. The first kappa shape index (κ1) is 18.7. The van der Waals surface area contributed by atoms with E-state index in [1.807, 2.05) is 18.2 Å². The van der Waals surface area contributed by atoms with Crippen LogP contribution in [0, 0.1) is 0 Å². The van der Waals surface area contributed by atoms with Crippen LogP contribution in [-0.2, 0) is 11.3 Å². The first-order valence-corrected chi connectivity index (χ1v) is 7.43. The van der Waals surface area contributed by atoms with Crippen molar-refractivity contribution >= 4 is 18.3 Å². The highest BCUT2D eigenvalue weighted by molar-refractivity contribution is 5.85. The average molecular weight is 328 g/mol. The van der Waals surface area contributed by atoms with Gasteiger partial charge in [0.25, 0.3) is 5.91 Å². The molecule has 0 aromatic heterocycles. The Labute approximate surface area is 139 Å². The standard InChI is InChI=1S/C16H25N3O2.ClH/c1-13-10-19(9-8-17-13)11-14-6-4-5-7-15(14)21-12-16(20)18(2)3;/h4-7,13,17H,8-12H2,1-3H3;1H. The van der Waals surface area contributed by atoms with E-state index in [0.717, 1.165) is 37.5 Å². The van der Waals surface area contributed by atoms with Gasteiger partial charge in [-0.25, -0.2) is 0 Å². The minimum Gasteiger partial charge on any atom is -0.483 e. The molecule has 0 spiro atoms. The Kier molecular flexibility index (Phi) is 7.65. The van der Waals surface area contributed by atoms with Crippen molar-refractivity contribution in [3.8, 4) is 5.75 Å². The molecule has 0 aliphatic carbocycles. The number of piperazine rings is 1. The maximum absolute atomic E-state index is 11.6. The van der Waals surface area contributed by atoms with Gasteiger partial charge in [0.15, 0.2) is 6.61 Å². The summed E-state index contributed by atoms with van der Waals surface area (Å²) in [7, 11) is 3.47. The minimum absolute atomic E-state index is 0. The average Bonchev–Trinajstić information content (AvgIpc) is 2.46. The van der Waals surface area contributed by atoms with Gasteiger partial charge >= 0.3 is 0 Å². The number of hydrogen-bond donors (Lipinski definition) is 1. The number of benzene rings is 1. The zero-order valence-electron chi connectivity index (χ0n) is 13.5. The van der Waals surface area contributed by atoms with Crippen molar-refractivity contribution in [2.75, 3.05) is 40.3 Å². The summed E-state index contributed by atoms with van der Waals surface area (Å²) in [6, 6.07) is 8.48. The number of amides is 1. The second-order valence-corrected chi connectivity index (χ2v) is 5.77. The van der Waals surface area contributed by atoms with Crippen molar-refractivity contribution in [3.63, 3.8) is 0 Å². The predicted octanol–water partition coefficient (Wildman–Crippen LogP) is 1.37. The van der Waals surface area contributed by atoms with E-state index in [-0.39, 0.29) is 24.9 Å². The molecular formula is C16H26ClN3O2. The van der Waals surface area contributed by atoms with Gasteiger partial charge in [-0.1, -0.05) is 18.2 Å². The summed E-state index contributed by atoms with van der Waals surface area (Å²) >= 11 is 0. The van der Waals surface area contributed by atoms with Gasteiger partial charge in [-0.3, -0.25) is 9.69 Å². The highest BCUT2D eigenvalue weighted by Gasteiger charge is 2.17. The van der Waals surface area contributed by atoms with Crippen molar-refractivity contribution in [2.45, 2.75) is 19.5 Å². The number of carbonyl (C=O) groups is 1. The third-order valence-electron chi connectivity index (χ3n) is 3.67. The van der Waals surface area contributed by atoms with E-state index < -0.39 is 0 Å². The van der Waals surface area contributed by atoms with Crippen molar-refractivity contribution in [1.29, 1.82) is 0 Å². The zero-order valence-corrected chi connectivity index (χ0v) is 14.4. The van der Waals surface area contributed by atoms with Crippen LogP contribution in [0.5, 0.6) is 5.75 Å². The highest BCUT2D eigenvalue weighted by atomic mass is 35.5. The number of nitrogens with zero attached hydrogens (tertiary/aromatic N) is 2. The largest absolute Gasteiger partial charge is 0.483 e. The van der Waals surface area contributed by atoms with Crippen LogP contribution in [0.15, 0.2) is 24.3 Å². The van der Waals surface area contributed by atoms with Crippen molar-refractivity contribution in [3.05, 3.63) is 29.8 Å². The number of ether oxygens (including phenoxy) is 1. The lowest BCUT2D eigenvalue weighted by Crippen LogP contribution is -2.48. The maximum atomic E-state index is 11.6. The lowest BCUT2D eigenvalue weighted by Gasteiger charge is -2.32. The van der Waals surface area contributed by atoms with Gasteiger partial charge in [-0.05, 0) is 13.0 Å². The lowest BCUT2D eigenvalue weighted by molar-refractivity contribution is -0.130. The number of hydrogen-bond acceptors (Lipinski definition) is 4. The third kappa shape index (κ3) is 5.48. The van der Waals surface area contributed by atoms with Crippen LogP contribution in [0.2, 0.25) is 0 Å². The van der Waals surface area contributed by atoms with Crippen LogP contribution in [0.3, 0.4) is 0 Å². The Morgan fingerprint density at radius 3 is 2.82 bits per heavy atom. The van der Waals surface area contributed by atoms with Crippen molar-refractivity contribution in [2.24, 2.45) is 0 Å². The maximum Gasteiger partial charge on any atom is 0.259 e. The molecule has 0 saturated carbocycles. The molecule has 1 aliphatic rings. The summed E-state index contributed by atoms with van der Waals surface area (Å²) < 4.78 is 5.70. The van der Waals surface area contributed by atoms with Crippen LogP contribution in [-0.4, -0.2) is 62.1 Å². The molecule has 22 heavy (non-hydrogen) atoms. The molecule has 1 saturated heterocycles. The van der Waals surface area contributed by atoms with E-state index in [9.17, 15) is 4.79 Å². The number of para-hydroxylation sites is 1. The van der Waals surface area contributed by atoms with Crippen molar-refractivity contribution in [1.82, 2.24) is 15.1 Å². The van der Waals surface area contributed by atoms with Gasteiger partial charge in [0.2, 0.25) is 0 Å². The summed E-state index contributed by atoms with van der Waals surface area (Å²) in [4.78, 5) is 15.6. The molecule has 5 nitrogen and oxygen atoms in total. The summed E-state index contributed by atoms with van der Waals surface area (Å²) in [6.07, 6.45) is 0. The molecule has 1 N–H and O–H groups in total. The Hall–Kier alpha value is -1.30. The summed E-state index contributed by atoms with van der Waals surface area (Å²) in [5.41, 5.74) is 1.14. The smallest absolute Gasteiger partial charge is 0.259 e. The predicted molar refractivity (Wildman–Crippen MR) is 90.6 cm³/mol. The third-order valence-corrected chi connectivity index (χ3v) is 3.67. The Balaban J connectivity index is 0.00000242. The van der Waals surface area contributed by atoms with E-state index in [1.165, 1.54) is 0 Å². The molecule has 2 rings (SSSR count). The monoisotopic (exact) mass is 327 g/mol. The van der Waals surface area contributed by atoms with E-state index in [0.29, 0.717) is 6.04 Å². The number of rotatable bonds is 5. The molecule has 1 aromatic rings. The fourth-order valence-electron chi connectivity index (χ4n) is 2.44. The van der Waals surface area contributed by atoms with Gasteiger partial charge < -0.3 is 15.0 Å². The summed E-state index contributed by atoms with van der Waals surface area (Å²) in [5.74, 6) is 0.777. The molecule has 1 amide bonds. The molecular weight excluding hydrogens is 302 g/mol. The van der Waals surface area contributed by atoms with Crippen LogP contribution in [0.25, 0.3) is 0 Å². The molecule has 1 fully saturated rings. The number of carbonyl (C=O) groups excluding carboxylic acids is 1. The fourth-order valence-corrected chi connectivity index (χ4v) is 2.44. The van der Waals surface area contributed by atoms with Gasteiger partial charge in [0, 0.05) is 51.9 Å². The van der Waals surface area contributed by atoms with E-state index in [1.54, 1.807) is 19.0 Å². The molecule has 124 valence electrons. The highest BCUT2D eigenvalue weighted by Crippen LogP contribution is 2.20. The van der Waals surface area contributed by atoms with Gasteiger partial charge in [-0.15, -0.1) is 12.4 Å². The Morgan fingerprint density at radius 2 is 2.14 bits per heavy atom. The second kappa shape index (κ2) is 8.98. The quantitative estimate of drug-likeness (QED) is 0.887. The molecule has 1 aromatic carbocycles. The second-order valence-electron chi connectivity index (χ2n) is 5.77. The van der Waals surface area contributed by atoms with Crippen LogP contribution < -0.4 is 10.1 Å². The van der Waals surface area contributed by atoms with Gasteiger partial charge in [0.1, 0.15) is 5.75 Å². The van der Waals surface area contributed by atoms with E-state index in [4.69, 9.17) is 4.74 Å². The summed E-state index contributed by atoms with van der Waals surface area (Å²) in [6.45, 7) is 6.23. The molecule has 0 radical (unpaired) electrons. The Bertz CT molecular complexity index is 482. The molecule has 0 bridgehead atoms. The van der Waals surface area contributed by atoms with Crippen LogP contribution >= 0.6 is 12.4 Å². The summed E-state index contributed by atoms with van der Waals surface area (Å²) in [5, 5.41) is 3.44. The molecule has 6 heteroatoms. The van der Waals surface area contributed by atoms with E-state index in [2.05, 4.69) is 23.2 Å². The number of nitrogens with one attached hydrogen (secondary N) is 1. The van der Waals surface area contributed by atoms with Crippen LogP contribution in [0.1, 0.15) is 12.5 Å². The fraction of sp³-hybridized carbons (Fsp3) is 0.562. The number of halogens is 1. The van der Waals surface area contributed by atoms with E-state index >= 15 is 0 Å². The van der Waals surface area contributed by atoms with Gasteiger partial charge in [-0.2, -0.15) is 0 Å². The SMILES string of the molecule is CC1CN(Cc2ccccc2OCC(=O)N(C)C)CCN1.Cl. The first-order chi connectivity index (χ1) is 10.1. The topological polar surface area (TPSA) is 44.8 Å². The molecule has 1 aliphatic heterocycles.